The molecule has 0 saturated heterocycles. The summed E-state index contributed by atoms with van der Waals surface area (Å²) in [6, 6.07) is 3.50. The Labute approximate surface area is 70.6 Å². The van der Waals surface area contributed by atoms with Gasteiger partial charge in [0.1, 0.15) is 12.4 Å². The van der Waals surface area contributed by atoms with Crippen molar-refractivity contribution in [2.75, 3.05) is 0 Å². The molecule has 64 valence electrons. The fourth-order valence-corrected chi connectivity index (χ4v) is 0.723. The molecule has 0 spiro atoms. The minimum atomic E-state index is -0.290. The molecule has 0 atom stereocenters. The molecular formula is C9H10O3. The highest BCUT2D eigenvalue weighted by atomic mass is 16.5. The molecule has 0 aliphatic carbocycles. The van der Waals surface area contributed by atoms with E-state index in [9.17, 15) is 4.79 Å². The SMILES string of the molecule is C=CCC(=O)OCc1ccco1. The zero-order chi connectivity index (χ0) is 8.81. The Balaban J connectivity index is 2.26. The van der Waals surface area contributed by atoms with Gasteiger partial charge in [0.25, 0.3) is 0 Å². The predicted molar refractivity (Wildman–Crippen MR) is 43.3 cm³/mol. The van der Waals surface area contributed by atoms with Crippen molar-refractivity contribution in [1.29, 1.82) is 0 Å². The Morgan fingerprint density at radius 1 is 1.75 bits per heavy atom. The molecule has 1 aromatic heterocycles. The average Bonchev–Trinajstić information content (AvgIpc) is 2.53. The number of ether oxygens (including phenoxy) is 1. The standard InChI is InChI=1S/C9H10O3/c1-2-4-9(10)12-7-8-5-3-6-11-8/h2-3,5-6H,1,4,7H2. The summed E-state index contributed by atoms with van der Waals surface area (Å²) in [7, 11) is 0. The summed E-state index contributed by atoms with van der Waals surface area (Å²) in [5.74, 6) is 0.355. The van der Waals surface area contributed by atoms with Gasteiger partial charge in [0.05, 0.1) is 12.7 Å². The fraction of sp³-hybridized carbons (Fsp3) is 0.222. The number of esters is 1. The number of carbonyl (C=O) groups excluding carboxylic acids is 1. The molecule has 0 aromatic carbocycles. The maximum atomic E-state index is 10.8. The van der Waals surface area contributed by atoms with Crippen LogP contribution in [0.3, 0.4) is 0 Å². The van der Waals surface area contributed by atoms with Crippen LogP contribution in [0.1, 0.15) is 12.2 Å². The molecule has 12 heavy (non-hydrogen) atoms. The minimum absolute atomic E-state index is 0.194. The first kappa shape index (κ1) is 8.59. The van der Waals surface area contributed by atoms with Crippen LogP contribution in [0, 0.1) is 0 Å². The molecule has 1 rings (SSSR count). The molecule has 3 nitrogen and oxygen atoms in total. The molecule has 1 heterocycles. The molecular weight excluding hydrogens is 156 g/mol. The predicted octanol–water partition coefficient (Wildman–Crippen LogP) is 1.90. The Kier molecular flexibility index (Phi) is 3.14. The molecule has 1 aromatic rings. The largest absolute Gasteiger partial charge is 0.466 e. The lowest BCUT2D eigenvalue weighted by Crippen LogP contribution is -2.01. The monoisotopic (exact) mass is 166 g/mol. The second kappa shape index (κ2) is 4.38. The van der Waals surface area contributed by atoms with Gasteiger partial charge in [-0.2, -0.15) is 0 Å². The molecule has 0 N–H and O–H groups in total. The summed E-state index contributed by atoms with van der Waals surface area (Å²) in [6.45, 7) is 3.62. The van der Waals surface area contributed by atoms with E-state index >= 15 is 0 Å². The third-order valence-electron chi connectivity index (χ3n) is 1.27. The summed E-state index contributed by atoms with van der Waals surface area (Å²) in [6.07, 6.45) is 3.28. The van der Waals surface area contributed by atoms with E-state index in [4.69, 9.17) is 9.15 Å². The van der Waals surface area contributed by atoms with Crippen molar-refractivity contribution in [1.82, 2.24) is 0 Å². The third-order valence-corrected chi connectivity index (χ3v) is 1.27. The highest BCUT2D eigenvalue weighted by Gasteiger charge is 2.01. The van der Waals surface area contributed by atoms with Gasteiger partial charge in [-0.15, -0.1) is 6.58 Å². The van der Waals surface area contributed by atoms with Crippen LogP contribution in [0.25, 0.3) is 0 Å². The van der Waals surface area contributed by atoms with Crippen molar-refractivity contribution in [2.24, 2.45) is 0 Å². The summed E-state index contributed by atoms with van der Waals surface area (Å²) in [5, 5.41) is 0. The molecule has 0 amide bonds. The summed E-state index contributed by atoms with van der Waals surface area (Å²) < 4.78 is 9.78. The van der Waals surface area contributed by atoms with E-state index in [0.29, 0.717) is 5.76 Å². The fourth-order valence-electron chi connectivity index (χ4n) is 0.723. The van der Waals surface area contributed by atoms with E-state index in [2.05, 4.69) is 6.58 Å². The summed E-state index contributed by atoms with van der Waals surface area (Å²) >= 11 is 0. The van der Waals surface area contributed by atoms with Gasteiger partial charge in [0.2, 0.25) is 0 Å². The van der Waals surface area contributed by atoms with Crippen molar-refractivity contribution in [3.63, 3.8) is 0 Å². The van der Waals surface area contributed by atoms with Crippen molar-refractivity contribution in [2.45, 2.75) is 13.0 Å². The van der Waals surface area contributed by atoms with Crippen LogP contribution >= 0.6 is 0 Å². The minimum Gasteiger partial charge on any atom is -0.466 e. The maximum absolute atomic E-state index is 10.8. The highest BCUT2D eigenvalue weighted by molar-refractivity contribution is 5.70. The number of hydrogen-bond donors (Lipinski definition) is 0. The van der Waals surface area contributed by atoms with Crippen molar-refractivity contribution in [3.8, 4) is 0 Å². The van der Waals surface area contributed by atoms with Crippen LogP contribution in [0.4, 0.5) is 0 Å². The third kappa shape index (κ3) is 2.62. The van der Waals surface area contributed by atoms with Gasteiger partial charge < -0.3 is 9.15 Å². The van der Waals surface area contributed by atoms with Crippen molar-refractivity contribution < 1.29 is 13.9 Å². The molecule has 3 heteroatoms. The molecule has 0 fully saturated rings. The first-order valence-electron chi connectivity index (χ1n) is 3.62. The Bertz CT molecular complexity index is 249. The van der Waals surface area contributed by atoms with E-state index in [1.54, 1.807) is 12.1 Å². The normalized spacial score (nSPS) is 9.33. The van der Waals surface area contributed by atoms with Gasteiger partial charge >= 0.3 is 5.97 Å². The van der Waals surface area contributed by atoms with E-state index < -0.39 is 0 Å². The smallest absolute Gasteiger partial charge is 0.310 e. The molecule has 0 aliphatic heterocycles. The van der Waals surface area contributed by atoms with Gasteiger partial charge in [-0.05, 0) is 12.1 Å². The number of carbonyl (C=O) groups is 1. The molecule has 0 bridgehead atoms. The maximum Gasteiger partial charge on any atom is 0.310 e. The molecule has 0 aliphatic rings. The van der Waals surface area contributed by atoms with Gasteiger partial charge in [-0.1, -0.05) is 6.08 Å². The van der Waals surface area contributed by atoms with Gasteiger partial charge in [-0.25, -0.2) is 0 Å². The first-order valence-corrected chi connectivity index (χ1v) is 3.62. The van der Waals surface area contributed by atoms with Gasteiger partial charge in [-0.3, -0.25) is 4.79 Å². The van der Waals surface area contributed by atoms with Crippen molar-refractivity contribution in [3.05, 3.63) is 36.8 Å². The van der Waals surface area contributed by atoms with E-state index in [1.165, 1.54) is 12.3 Å². The first-order chi connectivity index (χ1) is 5.83. The van der Waals surface area contributed by atoms with E-state index in [-0.39, 0.29) is 19.0 Å². The average molecular weight is 166 g/mol. The molecule has 0 unspecified atom stereocenters. The van der Waals surface area contributed by atoms with Crippen LogP contribution in [-0.2, 0) is 16.1 Å². The zero-order valence-corrected chi connectivity index (χ0v) is 6.66. The topological polar surface area (TPSA) is 39.4 Å². The van der Waals surface area contributed by atoms with E-state index in [0.717, 1.165) is 0 Å². The molecule has 0 radical (unpaired) electrons. The van der Waals surface area contributed by atoms with Crippen LogP contribution in [0.5, 0.6) is 0 Å². The lowest BCUT2D eigenvalue weighted by molar-refractivity contribution is -0.144. The van der Waals surface area contributed by atoms with Gasteiger partial charge in [0.15, 0.2) is 0 Å². The quantitative estimate of drug-likeness (QED) is 0.506. The Hall–Kier alpha value is -1.51. The van der Waals surface area contributed by atoms with E-state index in [1.807, 2.05) is 0 Å². The Morgan fingerprint density at radius 2 is 2.58 bits per heavy atom. The van der Waals surface area contributed by atoms with Gasteiger partial charge in [0, 0.05) is 0 Å². The number of hydrogen-bond acceptors (Lipinski definition) is 3. The lowest BCUT2D eigenvalue weighted by Gasteiger charge is -1.98. The molecule has 0 saturated carbocycles. The van der Waals surface area contributed by atoms with Crippen molar-refractivity contribution >= 4 is 5.97 Å². The Morgan fingerprint density at radius 3 is 3.17 bits per heavy atom. The summed E-state index contributed by atoms with van der Waals surface area (Å²) in [5.41, 5.74) is 0. The van der Waals surface area contributed by atoms with Crippen LogP contribution in [-0.4, -0.2) is 5.97 Å². The number of furan rings is 1. The van der Waals surface area contributed by atoms with Crippen LogP contribution in [0.15, 0.2) is 35.5 Å². The van der Waals surface area contributed by atoms with Crippen LogP contribution < -0.4 is 0 Å². The lowest BCUT2D eigenvalue weighted by atomic mass is 10.4. The zero-order valence-electron chi connectivity index (χ0n) is 6.66. The highest BCUT2D eigenvalue weighted by Crippen LogP contribution is 2.02. The second-order valence-corrected chi connectivity index (χ2v) is 2.23. The number of rotatable bonds is 4. The summed E-state index contributed by atoms with van der Waals surface area (Å²) in [4.78, 5) is 10.8. The van der Waals surface area contributed by atoms with Crippen LogP contribution in [0.2, 0.25) is 0 Å². The second-order valence-electron chi connectivity index (χ2n) is 2.23.